The minimum absolute atomic E-state index is 0.0577. The van der Waals surface area contributed by atoms with Crippen molar-refractivity contribution in [1.29, 1.82) is 0 Å². The lowest BCUT2D eigenvalue weighted by atomic mass is 9.88. The van der Waals surface area contributed by atoms with Gasteiger partial charge in [0, 0.05) is 25.3 Å². The van der Waals surface area contributed by atoms with E-state index in [1.54, 1.807) is 12.1 Å². The fourth-order valence-electron chi connectivity index (χ4n) is 3.31. The highest BCUT2D eigenvalue weighted by atomic mass is 19.1. The van der Waals surface area contributed by atoms with Crippen molar-refractivity contribution >= 4 is 0 Å². The molecule has 1 aromatic rings. The molecule has 2 N–H and O–H groups in total. The second-order valence-electron chi connectivity index (χ2n) is 6.19. The Bertz CT molecular complexity index is 461. The summed E-state index contributed by atoms with van der Waals surface area (Å²) in [6, 6.07) is 6.44. The van der Waals surface area contributed by atoms with Crippen molar-refractivity contribution in [1.82, 2.24) is 5.32 Å². The highest BCUT2D eigenvalue weighted by Crippen LogP contribution is 2.25. The van der Waals surface area contributed by atoms with E-state index in [9.17, 15) is 9.50 Å². The van der Waals surface area contributed by atoms with Gasteiger partial charge in [-0.3, -0.25) is 0 Å². The molecule has 1 aliphatic heterocycles. The molecule has 122 valence electrons. The van der Waals surface area contributed by atoms with Gasteiger partial charge in [-0.1, -0.05) is 0 Å². The Morgan fingerprint density at radius 3 is 2.55 bits per heavy atom. The number of aliphatic hydroxyl groups excluding tert-OH is 1. The van der Waals surface area contributed by atoms with Crippen LogP contribution in [0, 0.1) is 5.82 Å². The predicted octanol–water partition coefficient (Wildman–Crippen LogP) is 2.26. The third-order valence-electron chi connectivity index (χ3n) is 4.57. The fourth-order valence-corrected chi connectivity index (χ4v) is 3.31. The lowest BCUT2D eigenvalue weighted by Gasteiger charge is -2.38. The zero-order valence-electron chi connectivity index (χ0n) is 12.7. The number of benzene rings is 1. The maximum absolute atomic E-state index is 12.9. The van der Waals surface area contributed by atoms with Gasteiger partial charge in [-0.25, -0.2) is 4.39 Å². The van der Waals surface area contributed by atoms with Crippen LogP contribution in [0.15, 0.2) is 24.3 Å². The quantitative estimate of drug-likeness (QED) is 0.896. The van der Waals surface area contributed by atoms with E-state index in [1.165, 1.54) is 12.1 Å². The van der Waals surface area contributed by atoms with Crippen LogP contribution in [0.4, 0.5) is 4.39 Å². The number of nitrogens with one attached hydrogen (secondary N) is 1. The van der Waals surface area contributed by atoms with E-state index in [0.29, 0.717) is 11.8 Å². The Morgan fingerprint density at radius 1 is 1.09 bits per heavy atom. The van der Waals surface area contributed by atoms with E-state index >= 15 is 0 Å². The van der Waals surface area contributed by atoms with E-state index in [0.717, 1.165) is 45.3 Å². The lowest BCUT2D eigenvalue weighted by Crippen LogP contribution is -2.54. The molecule has 1 aliphatic carbocycles. The predicted molar refractivity (Wildman–Crippen MR) is 81.4 cm³/mol. The molecule has 0 bridgehead atoms. The van der Waals surface area contributed by atoms with Gasteiger partial charge in [-0.2, -0.15) is 0 Å². The first-order valence-corrected chi connectivity index (χ1v) is 8.16. The molecule has 1 heterocycles. The summed E-state index contributed by atoms with van der Waals surface area (Å²) >= 11 is 0. The van der Waals surface area contributed by atoms with Gasteiger partial charge in [-0.05, 0) is 56.4 Å². The first-order chi connectivity index (χ1) is 10.7. The molecule has 2 fully saturated rings. The maximum atomic E-state index is 12.9. The number of halogens is 1. The Morgan fingerprint density at radius 2 is 1.82 bits per heavy atom. The minimum atomic E-state index is -0.540. The zero-order valence-corrected chi connectivity index (χ0v) is 12.7. The molecule has 0 unspecified atom stereocenters. The van der Waals surface area contributed by atoms with E-state index in [1.807, 2.05) is 0 Å². The van der Waals surface area contributed by atoms with Crippen LogP contribution in [0.3, 0.4) is 0 Å². The molecule has 3 atom stereocenters. The van der Waals surface area contributed by atoms with Crippen LogP contribution in [0.2, 0.25) is 0 Å². The first kappa shape index (κ1) is 15.7. The Kier molecular flexibility index (Phi) is 5.28. The molecule has 3 rings (SSSR count). The molecule has 4 nitrogen and oxygen atoms in total. The van der Waals surface area contributed by atoms with Gasteiger partial charge in [0.25, 0.3) is 0 Å². The van der Waals surface area contributed by atoms with Crippen molar-refractivity contribution in [2.45, 2.75) is 56.4 Å². The van der Waals surface area contributed by atoms with E-state index in [2.05, 4.69) is 5.32 Å². The summed E-state index contributed by atoms with van der Waals surface area (Å²) in [5.74, 6) is 0.327. The summed E-state index contributed by atoms with van der Waals surface area (Å²) < 4.78 is 24.2. The molecule has 1 aromatic carbocycles. The van der Waals surface area contributed by atoms with E-state index in [4.69, 9.17) is 9.47 Å². The Balaban J connectivity index is 1.57. The zero-order chi connectivity index (χ0) is 15.4. The van der Waals surface area contributed by atoms with Crippen molar-refractivity contribution in [3.63, 3.8) is 0 Å². The summed E-state index contributed by atoms with van der Waals surface area (Å²) in [5.41, 5.74) is 0. The van der Waals surface area contributed by atoms with E-state index < -0.39 is 6.10 Å². The van der Waals surface area contributed by atoms with Gasteiger partial charge in [0.2, 0.25) is 0 Å². The van der Waals surface area contributed by atoms with E-state index in [-0.39, 0.29) is 18.0 Å². The molecule has 0 aromatic heterocycles. The largest absolute Gasteiger partial charge is 0.488 e. The standard InChI is InChI=1S/C17H24FNO3/c18-12-4-6-14(7-5-12)22-16-3-1-2-15(17(16)20)19-13-8-10-21-11-9-13/h4-7,13,15-17,19-20H,1-3,8-11H2/t15-,16+,17+/m0/s1. The fraction of sp³-hybridized carbons (Fsp3) is 0.647. The summed E-state index contributed by atoms with van der Waals surface area (Å²) in [5, 5.41) is 14.1. The van der Waals surface area contributed by atoms with Crippen LogP contribution in [0.5, 0.6) is 5.75 Å². The topological polar surface area (TPSA) is 50.7 Å². The van der Waals surface area contributed by atoms with Gasteiger partial charge in [0.05, 0.1) is 0 Å². The van der Waals surface area contributed by atoms with Crippen molar-refractivity contribution in [3.8, 4) is 5.75 Å². The molecule has 2 aliphatic rings. The number of aliphatic hydroxyl groups is 1. The maximum Gasteiger partial charge on any atom is 0.126 e. The molecule has 0 amide bonds. The van der Waals surface area contributed by atoms with Gasteiger partial charge >= 0.3 is 0 Å². The van der Waals surface area contributed by atoms with Crippen molar-refractivity contribution in [2.75, 3.05) is 13.2 Å². The van der Waals surface area contributed by atoms with Gasteiger partial charge in [0.1, 0.15) is 23.8 Å². The molecule has 5 heteroatoms. The van der Waals surface area contributed by atoms with Crippen LogP contribution in [-0.2, 0) is 4.74 Å². The SMILES string of the molecule is O[C@@H]1[C@@H](NC2CCOCC2)CCC[C@H]1Oc1ccc(F)cc1. The average Bonchev–Trinajstić information content (AvgIpc) is 2.54. The molecule has 1 saturated heterocycles. The van der Waals surface area contributed by atoms with Crippen LogP contribution in [-0.4, -0.2) is 42.6 Å². The average molecular weight is 309 g/mol. The van der Waals surface area contributed by atoms with Crippen LogP contribution < -0.4 is 10.1 Å². The lowest BCUT2D eigenvalue weighted by molar-refractivity contribution is -0.0233. The number of ether oxygens (including phenoxy) is 2. The summed E-state index contributed by atoms with van der Waals surface area (Å²) in [6.07, 6.45) is 4.01. The number of hydrogen-bond donors (Lipinski definition) is 2. The van der Waals surface area contributed by atoms with Gasteiger partial charge < -0.3 is 19.9 Å². The van der Waals surface area contributed by atoms with Crippen LogP contribution in [0.1, 0.15) is 32.1 Å². The molecule has 1 saturated carbocycles. The molecular formula is C17H24FNO3. The van der Waals surface area contributed by atoms with Crippen molar-refractivity contribution in [2.24, 2.45) is 0 Å². The normalized spacial score (nSPS) is 30.2. The Labute approximate surface area is 130 Å². The minimum Gasteiger partial charge on any atom is -0.488 e. The second kappa shape index (κ2) is 7.40. The van der Waals surface area contributed by atoms with Crippen molar-refractivity contribution < 1.29 is 19.0 Å². The molecular weight excluding hydrogens is 285 g/mol. The van der Waals surface area contributed by atoms with Gasteiger partial charge in [-0.15, -0.1) is 0 Å². The number of rotatable bonds is 4. The summed E-state index contributed by atoms with van der Waals surface area (Å²) in [7, 11) is 0. The Hall–Kier alpha value is -1.17. The second-order valence-corrected chi connectivity index (χ2v) is 6.19. The van der Waals surface area contributed by atoms with Crippen LogP contribution in [0.25, 0.3) is 0 Å². The third-order valence-corrected chi connectivity index (χ3v) is 4.57. The highest BCUT2D eigenvalue weighted by Gasteiger charge is 2.34. The number of hydrogen-bond acceptors (Lipinski definition) is 4. The highest BCUT2D eigenvalue weighted by molar-refractivity contribution is 5.22. The summed E-state index contributed by atoms with van der Waals surface area (Å²) in [4.78, 5) is 0. The molecule has 22 heavy (non-hydrogen) atoms. The van der Waals surface area contributed by atoms with Gasteiger partial charge in [0.15, 0.2) is 0 Å². The van der Waals surface area contributed by atoms with Crippen LogP contribution >= 0.6 is 0 Å². The molecule has 0 spiro atoms. The summed E-state index contributed by atoms with van der Waals surface area (Å²) in [6.45, 7) is 1.58. The third kappa shape index (κ3) is 3.97. The smallest absolute Gasteiger partial charge is 0.126 e. The molecule has 0 radical (unpaired) electrons. The van der Waals surface area contributed by atoms with Crippen molar-refractivity contribution in [3.05, 3.63) is 30.1 Å². The monoisotopic (exact) mass is 309 g/mol. The first-order valence-electron chi connectivity index (χ1n) is 8.16.